The summed E-state index contributed by atoms with van der Waals surface area (Å²) in [7, 11) is 1.89. The van der Waals surface area contributed by atoms with Gasteiger partial charge < -0.3 is 9.64 Å². The highest BCUT2D eigenvalue weighted by molar-refractivity contribution is 5.81. The fourth-order valence-electron chi connectivity index (χ4n) is 2.31. The van der Waals surface area contributed by atoms with E-state index in [-0.39, 0.29) is 12.6 Å². The molecule has 0 aromatic heterocycles. The van der Waals surface area contributed by atoms with Gasteiger partial charge in [0, 0.05) is 12.6 Å². The van der Waals surface area contributed by atoms with E-state index < -0.39 is 24.2 Å². The van der Waals surface area contributed by atoms with Crippen LogP contribution in [0.4, 0.5) is 13.2 Å². The van der Waals surface area contributed by atoms with Gasteiger partial charge in [-0.15, -0.1) is 0 Å². The predicted octanol–water partition coefficient (Wildman–Crippen LogP) is 1.55. The van der Waals surface area contributed by atoms with Crippen molar-refractivity contribution in [3.63, 3.8) is 0 Å². The number of halogens is 3. The zero-order chi connectivity index (χ0) is 14.7. The number of hydrogen-bond acceptors (Lipinski definition) is 4. The van der Waals surface area contributed by atoms with Gasteiger partial charge in [0.1, 0.15) is 5.54 Å². The van der Waals surface area contributed by atoms with Gasteiger partial charge in [0.15, 0.2) is 0 Å². The number of piperidine rings is 1. The molecule has 0 amide bonds. The van der Waals surface area contributed by atoms with Crippen LogP contribution in [0, 0.1) is 0 Å². The maximum atomic E-state index is 12.4. The summed E-state index contributed by atoms with van der Waals surface area (Å²) in [5.74, 6) is -0.584. The van der Waals surface area contributed by atoms with Crippen molar-refractivity contribution in [2.45, 2.75) is 44.4 Å². The van der Waals surface area contributed by atoms with Gasteiger partial charge in [-0.3, -0.25) is 10.1 Å². The Balaban J connectivity index is 2.82. The molecule has 19 heavy (non-hydrogen) atoms. The molecule has 0 saturated carbocycles. The van der Waals surface area contributed by atoms with Crippen LogP contribution in [0.5, 0.6) is 0 Å². The lowest BCUT2D eigenvalue weighted by Gasteiger charge is -2.43. The number of nitrogens with zero attached hydrogens (tertiary/aromatic N) is 1. The fraction of sp³-hybridized carbons (Fsp3) is 0.917. The highest BCUT2D eigenvalue weighted by atomic mass is 19.4. The summed E-state index contributed by atoms with van der Waals surface area (Å²) >= 11 is 0. The quantitative estimate of drug-likeness (QED) is 0.795. The van der Waals surface area contributed by atoms with E-state index in [4.69, 9.17) is 4.74 Å². The smallest absolute Gasteiger partial charge is 0.401 e. The van der Waals surface area contributed by atoms with Crippen molar-refractivity contribution < 1.29 is 22.7 Å². The summed E-state index contributed by atoms with van der Waals surface area (Å²) in [5, 5.41) is 2.38. The van der Waals surface area contributed by atoms with Crippen molar-refractivity contribution in [1.29, 1.82) is 0 Å². The number of nitrogens with one attached hydrogen (secondary N) is 1. The van der Waals surface area contributed by atoms with E-state index in [1.807, 2.05) is 18.9 Å². The van der Waals surface area contributed by atoms with E-state index in [0.717, 1.165) is 0 Å². The molecule has 1 N–H and O–H groups in total. The Kier molecular flexibility index (Phi) is 5.20. The van der Waals surface area contributed by atoms with Gasteiger partial charge in [0.2, 0.25) is 0 Å². The van der Waals surface area contributed by atoms with Gasteiger partial charge in [-0.25, -0.2) is 0 Å². The molecule has 0 radical (unpaired) electrons. The van der Waals surface area contributed by atoms with Crippen LogP contribution in [0.3, 0.4) is 0 Å². The first kappa shape index (κ1) is 16.2. The van der Waals surface area contributed by atoms with Crippen molar-refractivity contribution in [2.75, 3.05) is 26.7 Å². The van der Waals surface area contributed by atoms with E-state index >= 15 is 0 Å². The fourth-order valence-corrected chi connectivity index (χ4v) is 2.31. The number of carbonyl (C=O) groups is 1. The zero-order valence-electron chi connectivity index (χ0n) is 11.5. The average molecular weight is 282 g/mol. The molecule has 0 spiro atoms. The number of ether oxygens (including phenoxy) is 1. The highest BCUT2D eigenvalue weighted by Gasteiger charge is 2.46. The molecular weight excluding hydrogens is 261 g/mol. The lowest BCUT2D eigenvalue weighted by molar-refractivity contribution is -0.159. The topological polar surface area (TPSA) is 41.6 Å². The zero-order valence-corrected chi connectivity index (χ0v) is 11.5. The standard InChI is InChI=1S/C12H21F3N2O2/c1-4-19-10(18)11(16-8-12(13,14)15)5-6-17(3)9(2)7-11/h9,16H,4-8H2,1-3H3. The lowest BCUT2D eigenvalue weighted by Crippen LogP contribution is -2.62. The van der Waals surface area contributed by atoms with Crippen LogP contribution in [0.2, 0.25) is 0 Å². The molecule has 1 heterocycles. The summed E-state index contributed by atoms with van der Waals surface area (Å²) in [4.78, 5) is 14.0. The minimum atomic E-state index is -4.34. The van der Waals surface area contributed by atoms with Crippen molar-refractivity contribution in [1.82, 2.24) is 10.2 Å². The molecule has 2 unspecified atom stereocenters. The number of rotatable bonds is 4. The summed E-state index contributed by atoms with van der Waals surface area (Å²) in [6, 6.07) is 0.0267. The number of esters is 1. The third-order valence-corrected chi connectivity index (χ3v) is 3.58. The second-order valence-electron chi connectivity index (χ2n) is 5.06. The Morgan fingerprint density at radius 2 is 2.16 bits per heavy atom. The molecule has 1 fully saturated rings. The van der Waals surface area contributed by atoms with E-state index in [9.17, 15) is 18.0 Å². The van der Waals surface area contributed by atoms with Gasteiger partial charge in [-0.05, 0) is 33.7 Å². The Morgan fingerprint density at radius 1 is 1.53 bits per heavy atom. The SMILES string of the molecule is CCOC(=O)C1(NCC(F)(F)F)CCN(C)C(C)C1. The monoisotopic (exact) mass is 282 g/mol. The molecule has 0 aliphatic carbocycles. The van der Waals surface area contributed by atoms with Gasteiger partial charge in [0.05, 0.1) is 13.2 Å². The Morgan fingerprint density at radius 3 is 2.63 bits per heavy atom. The lowest BCUT2D eigenvalue weighted by atomic mass is 9.83. The molecule has 4 nitrogen and oxygen atoms in total. The number of likely N-dealkylation sites (tertiary alicyclic amines) is 1. The van der Waals surface area contributed by atoms with E-state index in [2.05, 4.69) is 5.32 Å². The molecule has 112 valence electrons. The Bertz CT molecular complexity index is 323. The largest absolute Gasteiger partial charge is 0.465 e. The number of hydrogen-bond donors (Lipinski definition) is 1. The molecule has 0 bridgehead atoms. The summed E-state index contributed by atoms with van der Waals surface area (Å²) in [6.45, 7) is 3.09. The minimum absolute atomic E-state index is 0.0267. The van der Waals surface area contributed by atoms with Crippen molar-refractivity contribution in [3.8, 4) is 0 Å². The van der Waals surface area contributed by atoms with Crippen molar-refractivity contribution in [3.05, 3.63) is 0 Å². The van der Waals surface area contributed by atoms with Crippen molar-refractivity contribution >= 4 is 5.97 Å². The van der Waals surface area contributed by atoms with E-state index in [1.54, 1.807) is 6.92 Å². The van der Waals surface area contributed by atoms with Crippen LogP contribution >= 0.6 is 0 Å². The summed E-state index contributed by atoms with van der Waals surface area (Å²) in [6.07, 6.45) is -3.70. The maximum absolute atomic E-state index is 12.4. The van der Waals surface area contributed by atoms with E-state index in [0.29, 0.717) is 19.4 Å². The highest BCUT2D eigenvalue weighted by Crippen LogP contribution is 2.28. The van der Waals surface area contributed by atoms with Crippen LogP contribution < -0.4 is 5.32 Å². The second kappa shape index (κ2) is 6.09. The summed E-state index contributed by atoms with van der Waals surface area (Å²) in [5.41, 5.74) is -1.22. The molecule has 1 aliphatic rings. The van der Waals surface area contributed by atoms with Gasteiger partial charge in [-0.1, -0.05) is 0 Å². The normalized spacial score (nSPS) is 29.3. The third-order valence-electron chi connectivity index (χ3n) is 3.58. The van der Waals surface area contributed by atoms with Gasteiger partial charge in [0.25, 0.3) is 0 Å². The van der Waals surface area contributed by atoms with Crippen LogP contribution in [0.25, 0.3) is 0 Å². The van der Waals surface area contributed by atoms with Crippen LogP contribution in [0.15, 0.2) is 0 Å². The number of alkyl halides is 3. The maximum Gasteiger partial charge on any atom is 0.401 e. The molecule has 1 aliphatic heterocycles. The first-order chi connectivity index (χ1) is 8.70. The van der Waals surface area contributed by atoms with Crippen molar-refractivity contribution in [2.24, 2.45) is 0 Å². The predicted molar refractivity (Wildman–Crippen MR) is 64.7 cm³/mol. The van der Waals surface area contributed by atoms with Gasteiger partial charge in [-0.2, -0.15) is 13.2 Å². The molecule has 1 saturated heterocycles. The molecule has 0 aromatic carbocycles. The number of carbonyl (C=O) groups excluding carboxylic acids is 1. The Hall–Kier alpha value is -0.820. The molecule has 2 atom stereocenters. The minimum Gasteiger partial charge on any atom is -0.465 e. The van der Waals surface area contributed by atoms with Gasteiger partial charge >= 0.3 is 12.1 Å². The van der Waals surface area contributed by atoms with Crippen LogP contribution in [-0.4, -0.2) is 55.4 Å². The molecule has 0 aromatic rings. The third kappa shape index (κ3) is 4.35. The Labute approximate surface area is 111 Å². The van der Waals surface area contributed by atoms with Crippen LogP contribution in [-0.2, 0) is 9.53 Å². The first-order valence-corrected chi connectivity index (χ1v) is 6.39. The van der Waals surface area contributed by atoms with E-state index in [1.165, 1.54) is 0 Å². The molecular formula is C12H21F3N2O2. The first-order valence-electron chi connectivity index (χ1n) is 6.39. The summed E-state index contributed by atoms with van der Waals surface area (Å²) < 4.78 is 42.1. The molecule has 1 rings (SSSR count). The molecule has 7 heteroatoms. The van der Waals surface area contributed by atoms with Crippen LogP contribution in [0.1, 0.15) is 26.7 Å². The second-order valence-corrected chi connectivity index (χ2v) is 5.06. The average Bonchev–Trinajstić information content (AvgIpc) is 2.30.